The fourth-order valence-corrected chi connectivity index (χ4v) is 1.88. The number of thioether (sulfide) groups is 1. The van der Waals surface area contributed by atoms with Gasteiger partial charge in [-0.25, -0.2) is 0 Å². The van der Waals surface area contributed by atoms with Gasteiger partial charge in [-0.15, -0.1) is 11.8 Å². The lowest BCUT2D eigenvalue weighted by Crippen LogP contribution is -2.19. The van der Waals surface area contributed by atoms with E-state index in [2.05, 4.69) is 5.32 Å². The number of nitrogens with one attached hydrogen (secondary N) is 1. The molecule has 3 N–H and O–H groups in total. The minimum absolute atomic E-state index is 0.0347. The Morgan fingerprint density at radius 2 is 2.38 bits per heavy atom. The van der Waals surface area contributed by atoms with Gasteiger partial charge in [0.05, 0.1) is 5.75 Å². The highest BCUT2D eigenvalue weighted by Gasteiger charge is 2.06. The average molecular weight is 259 g/mol. The van der Waals surface area contributed by atoms with Crippen LogP contribution in [-0.2, 0) is 4.79 Å². The lowest BCUT2D eigenvalue weighted by Gasteiger charge is -2.08. The van der Waals surface area contributed by atoms with Crippen molar-refractivity contribution in [2.24, 2.45) is 5.73 Å². The summed E-state index contributed by atoms with van der Waals surface area (Å²) in [4.78, 5) is 11.5. The molecule has 0 fully saturated rings. The third kappa shape index (κ3) is 4.88. The lowest BCUT2D eigenvalue weighted by molar-refractivity contribution is -0.113. The predicted molar refractivity (Wildman–Crippen MR) is 71.1 cm³/mol. The van der Waals surface area contributed by atoms with Crippen LogP contribution in [0.3, 0.4) is 0 Å². The largest absolute Gasteiger partial charge is 0.329 e. The van der Waals surface area contributed by atoms with Crippen molar-refractivity contribution in [3.63, 3.8) is 0 Å². The molecule has 0 saturated carbocycles. The summed E-state index contributed by atoms with van der Waals surface area (Å²) in [6, 6.07) is 7.09. The average Bonchev–Trinajstić information content (AvgIpc) is 2.26. The maximum Gasteiger partial charge on any atom is 0.234 e. The molecule has 16 heavy (non-hydrogen) atoms. The second kappa shape index (κ2) is 6.78. The van der Waals surface area contributed by atoms with E-state index in [1.165, 1.54) is 11.8 Å². The number of hydrogen-bond acceptors (Lipinski definition) is 3. The highest BCUT2D eigenvalue weighted by atomic mass is 35.5. The van der Waals surface area contributed by atoms with Gasteiger partial charge < -0.3 is 11.1 Å². The minimum Gasteiger partial charge on any atom is -0.329 e. The van der Waals surface area contributed by atoms with Crippen LogP contribution in [0.25, 0.3) is 0 Å². The van der Waals surface area contributed by atoms with Gasteiger partial charge in [-0.3, -0.25) is 4.79 Å². The van der Waals surface area contributed by atoms with E-state index in [-0.39, 0.29) is 5.91 Å². The molecular weight excluding hydrogens is 244 g/mol. The van der Waals surface area contributed by atoms with Crippen LogP contribution in [0, 0.1) is 0 Å². The van der Waals surface area contributed by atoms with E-state index < -0.39 is 0 Å². The second-order valence-corrected chi connectivity index (χ2v) is 5.28. The molecule has 1 aromatic carbocycles. The van der Waals surface area contributed by atoms with Gasteiger partial charge in [-0.1, -0.05) is 24.6 Å². The van der Waals surface area contributed by atoms with Gasteiger partial charge in [0.25, 0.3) is 0 Å². The van der Waals surface area contributed by atoms with Crippen LogP contribution >= 0.6 is 23.4 Å². The molecule has 0 aliphatic heterocycles. The molecule has 0 saturated heterocycles. The van der Waals surface area contributed by atoms with Crippen molar-refractivity contribution >= 4 is 35.0 Å². The molecule has 0 bridgehead atoms. The highest BCUT2D eigenvalue weighted by molar-refractivity contribution is 8.00. The molecule has 1 unspecified atom stereocenters. The Kier molecular flexibility index (Phi) is 5.66. The molecule has 1 rings (SSSR count). The Hall–Kier alpha value is -0.710. The number of rotatable bonds is 5. The summed E-state index contributed by atoms with van der Waals surface area (Å²) in [7, 11) is 0. The number of nitrogens with two attached hydrogens (primary N) is 1. The van der Waals surface area contributed by atoms with E-state index in [9.17, 15) is 4.79 Å². The first-order valence-electron chi connectivity index (χ1n) is 4.99. The number of benzene rings is 1. The van der Waals surface area contributed by atoms with Crippen LogP contribution in [0.1, 0.15) is 6.92 Å². The molecule has 3 nitrogen and oxygen atoms in total. The van der Waals surface area contributed by atoms with Gasteiger partial charge in [0.2, 0.25) is 5.91 Å². The topological polar surface area (TPSA) is 55.1 Å². The maximum atomic E-state index is 11.5. The minimum atomic E-state index is -0.0347. The summed E-state index contributed by atoms with van der Waals surface area (Å²) < 4.78 is 0. The van der Waals surface area contributed by atoms with E-state index in [0.29, 0.717) is 22.6 Å². The summed E-state index contributed by atoms with van der Waals surface area (Å²) in [5, 5.41) is 3.69. The Balaban J connectivity index is 2.40. The zero-order chi connectivity index (χ0) is 12.0. The van der Waals surface area contributed by atoms with Crippen molar-refractivity contribution in [2.75, 3.05) is 17.6 Å². The first-order chi connectivity index (χ1) is 7.61. The van der Waals surface area contributed by atoms with Crippen LogP contribution in [0.15, 0.2) is 24.3 Å². The summed E-state index contributed by atoms with van der Waals surface area (Å²) in [6.07, 6.45) is 0. The van der Waals surface area contributed by atoms with Crippen LogP contribution in [-0.4, -0.2) is 23.5 Å². The van der Waals surface area contributed by atoms with Crippen LogP contribution in [0.4, 0.5) is 5.69 Å². The zero-order valence-electron chi connectivity index (χ0n) is 9.07. The number of amides is 1. The van der Waals surface area contributed by atoms with E-state index >= 15 is 0 Å². The van der Waals surface area contributed by atoms with Gasteiger partial charge in [0.1, 0.15) is 0 Å². The summed E-state index contributed by atoms with van der Waals surface area (Å²) >= 11 is 7.34. The summed E-state index contributed by atoms with van der Waals surface area (Å²) in [5.41, 5.74) is 6.18. The molecule has 0 spiro atoms. The number of anilines is 1. The molecular formula is C11H15ClN2OS. The SMILES string of the molecule is CC(CN)SCC(=O)Nc1cccc(Cl)c1. The Morgan fingerprint density at radius 3 is 3.00 bits per heavy atom. The summed E-state index contributed by atoms with van der Waals surface area (Å²) in [5.74, 6) is 0.373. The van der Waals surface area contributed by atoms with Crippen molar-refractivity contribution in [3.05, 3.63) is 29.3 Å². The molecule has 0 radical (unpaired) electrons. The maximum absolute atomic E-state index is 11.5. The van der Waals surface area contributed by atoms with E-state index in [4.69, 9.17) is 17.3 Å². The number of carbonyl (C=O) groups excluding carboxylic acids is 1. The lowest BCUT2D eigenvalue weighted by atomic mass is 10.3. The van der Waals surface area contributed by atoms with E-state index in [1.807, 2.05) is 6.92 Å². The van der Waals surface area contributed by atoms with Crippen LogP contribution in [0.5, 0.6) is 0 Å². The Labute approximate surface area is 105 Å². The molecule has 88 valence electrons. The monoisotopic (exact) mass is 258 g/mol. The van der Waals surface area contributed by atoms with Crippen LogP contribution in [0.2, 0.25) is 5.02 Å². The quantitative estimate of drug-likeness (QED) is 0.853. The third-order valence-electron chi connectivity index (χ3n) is 1.94. The fourth-order valence-electron chi connectivity index (χ4n) is 1.05. The van der Waals surface area contributed by atoms with Crippen molar-refractivity contribution in [1.82, 2.24) is 0 Å². The highest BCUT2D eigenvalue weighted by Crippen LogP contribution is 2.15. The second-order valence-electron chi connectivity index (χ2n) is 3.42. The van der Waals surface area contributed by atoms with Crippen LogP contribution < -0.4 is 11.1 Å². The van der Waals surface area contributed by atoms with Crippen molar-refractivity contribution in [3.8, 4) is 0 Å². The van der Waals surface area contributed by atoms with Crippen molar-refractivity contribution in [1.29, 1.82) is 0 Å². The normalized spacial score (nSPS) is 12.2. The molecule has 1 amide bonds. The number of carbonyl (C=O) groups is 1. The van der Waals surface area contributed by atoms with Gasteiger partial charge in [0.15, 0.2) is 0 Å². The molecule has 0 heterocycles. The molecule has 0 aliphatic carbocycles. The fraction of sp³-hybridized carbons (Fsp3) is 0.364. The molecule has 0 aromatic heterocycles. The smallest absolute Gasteiger partial charge is 0.234 e. The molecule has 1 atom stereocenters. The van der Waals surface area contributed by atoms with E-state index in [0.717, 1.165) is 5.69 Å². The van der Waals surface area contributed by atoms with Gasteiger partial charge in [-0.05, 0) is 18.2 Å². The van der Waals surface area contributed by atoms with Crippen molar-refractivity contribution < 1.29 is 4.79 Å². The van der Waals surface area contributed by atoms with Gasteiger partial charge >= 0.3 is 0 Å². The number of hydrogen-bond donors (Lipinski definition) is 2. The first-order valence-corrected chi connectivity index (χ1v) is 6.41. The summed E-state index contributed by atoms with van der Waals surface area (Å²) in [6.45, 7) is 2.58. The standard InChI is InChI=1S/C11H15ClN2OS/c1-8(6-13)16-7-11(15)14-10-4-2-3-9(12)5-10/h2-5,8H,6-7,13H2,1H3,(H,14,15). The van der Waals surface area contributed by atoms with E-state index in [1.54, 1.807) is 24.3 Å². The predicted octanol–water partition coefficient (Wildman–Crippen LogP) is 2.36. The van der Waals surface area contributed by atoms with Crippen molar-refractivity contribution in [2.45, 2.75) is 12.2 Å². The van der Waals surface area contributed by atoms with Gasteiger partial charge in [-0.2, -0.15) is 0 Å². The number of halogens is 1. The molecule has 0 aliphatic rings. The first kappa shape index (κ1) is 13.4. The van der Waals surface area contributed by atoms with Gasteiger partial charge in [0, 0.05) is 22.5 Å². The molecule has 5 heteroatoms. The molecule has 1 aromatic rings. The zero-order valence-corrected chi connectivity index (χ0v) is 10.6. The Morgan fingerprint density at radius 1 is 1.62 bits per heavy atom. The Bertz CT molecular complexity index is 360. The third-order valence-corrected chi connectivity index (χ3v) is 3.36.